The number of para-hydroxylation sites is 1. The molecular formula is C49H31N5. The van der Waals surface area contributed by atoms with Gasteiger partial charge in [0.15, 0.2) is 11.5 Å². The van der Waals surface area contributed by atoms with Gasteiger partial charge in [0.05, 0.1) is 46.3 Å². The van der Waals surface area contributed by atoms with Crippen LogP contribution >= 0.6 is 0 Å². The summed E-state index contributed by atoms with van der Waals surface area (Å²) in [6, 6.07) is 59.8. The van der Waals surface area contributed by atoms with E-state index >= 15 is 0 Å². The number of benzene rings is 7. The second kappa shape index (κ2) is 13.5. The van der Waals surface area contributed by atoms with Gasteiger partial charge in [-0.3, -0.25) is 0 Å². The molecule has 9 rings (SSSR count). The number of hydrogen-bond donors (Lipinski definition) is 0. The number of rotatable bonds is 6. The van der Waals surface area contributed by atoms with Gasteiger partial charge in [0, 0.05) is 38.6 Å². The molecule has 5 nitrogen and oxygen atoms in total. The van der Waals surface area contributed by atoms with E-state index in [9.17, 15) is 5.26 Å². The molecule has 9 aromatic rings. The number of nitrogens with zero attached hydrogens (tertiary/aromatic N) is 5. The highest BCUT2D eigenvalue weighted by molar-refractivity contribution is 6.11. The quantitative estimate of drug-likeness (QED) is 0.163. The molecule has 0 saturated heterocycles. The number of fused-ring (bicyclic) bond motifs is 3. The molecule has 0 aliphatic rings. The molecule has 0 saturated carbocycles. The van der Waals surface area contributed by atoms with Crippen molar-refractivity contribution in [3.8, 4) is 67.9 Å². The smallest absolute Gasteiger partial charge is 0.187 e. The lowest BCUT2D eigenvalue weighted by atomic mass is 9.91. The summed E-state index contributed by atoms with van der Waals surface area (Å²) in [5, 5.41) is 12.1. The molecule has 54 heavy (non-hydrogen) atoms. The lowest BCUT2D eigenvalue weighted by molar-refractivity contribution is 1.17. The van der Waals surface area contributed by atoms with Crippen molar-refractivity contribution < 1.29 is 0 Å². The van der Waals surface area contributed by atoms with E-state index in [0.717, 1.165) is 72.4 Å². The van der Waals surface area contributed by atoms with Crippen molar-refractivity contribution in [2.24, 2.45) is 0 Å². The van der Waals surface area contributed by atoms with E-state index in [-0.39, 0.29) is 0 Å². The minimum Gasteiger partial charge on any atom is -0.308 e. The van der Waals surface area contributed by atoms with Crippen LogP contribution in [0.1, 0.15) is 11.1 Å². The maximum atomic E-state index is 9.74. The summed E-state index contributed by atoms with van der Waals surface area (Å²) in [4.78, 5) is 14.0. The molecular weight excluding hydrogens is 659 g/mol. The van der Waals surface area contributed by atoms with Gasteiger partial charge in [0.1, 0.15) is 0 Å². The number of aromatic nitrogens is 3. The molecule has 7 aromatic carbocycles. The van der Waals surface area contributed by atoms with Crippen molar-refractivity contribution in [3.63, 3.8) is 0 Å². The highest BCUT2D eigenvalue weighted by Crippen LogP contribution is 2.44. The molecule has 0 aliphatic heterocycles. The maximum Gasteiger partial charge on any atom is 0.187 e. The molecule has 0 spiro atoms. The molecule has 0 fully saturated rings. The average Bonchev–Trinajstić information content (AvgIpc) is 3.56. The van der Waals surface area contributed by atoms with Crippen molar-refractivity contribution in [1.29, 1.82) is 5.26 Å². The van der Waals surface area contributed by atoms with Crippen LogP contribution in [0.2, 0.25) is 0 Å². The van der Waals surface area contributed by atoms with Gasteiger partial charge in [0.2, 0.25) is 0 Å². The molecule has 0 aliphatic carbocycles. The first-order chi connectivity index (χ1) is 26.6. The number of hydrogen-bond acceptors (Lipinski definition) is 3. The third-order valence-corrected chi connectivity index (χ3v) is 9.92. The molecule has 0 atom stereocenters. The Morgan fingerprint density at radius 3 is 1.76 bits per heavy atom. The van der Waals surface area contributed by atoms with Gasteiger partial charge in [-0.2, -0.15) is 5.26 Å². The molecule has 5 heteroatoms. The minimum absolute atomic E-state index is 0.576. The normalized spacial score (nSPS) is 11.0. The summed E-state index contributed by atoms with van der Waals surface area (Å²) in [5.41, 5.74) is 13.8. The van der Waals surface area contributed by atoms with Crippen molar-refractivity contribution in [2.45, 2.75) is 6.92 Å². The van der Waals surface area contributed by atoms with Gasteiger partial charge >= 0.3 is 0 Å². The Bertz CT molecular complexity index is 2790. The largest absolute Gasteiger partial charge is 0.308 e. The molecule has 0 unspecified atom stereocenters. The number of aryl methyl sites for hydroxylation is 1. The lowest BCUT2D eigenvalue weighted by Crippen LogP contribution is -2.03. The van der Waals surface area contributed by atoms with E-state index in [2.05, 4.69) is 95.2 Å². The van der Waals surface area contributed by atoms with Crippen LogP contribution in [0.3, 0.4) is 0 Å². The van der Waals surface area contributed by atoms with Crippen LogP contribution in [0.15, 0.2) is 170 Å². The Kier molecular flexibility index (Phi) is 8.08. The lowest BCUT2D eigenvalue weighted by Gasteiger charge is -2.21. The SMILES string of the molecule is [C-]#[N+]c1ccc(-c2cc(-c3cc(-c4ccccc4)nc(-c4ccccc4)n3)cc(-c3ccc(C#N)cc3)c2-n2c3ccccc3c3cc(C)ccc32)cc1. The highest BCUT2D eigenvalue weighted by atomic mass is 15.0. The first-order valence-corrected chi connectivity index (χ1v) is 17.7. The fourth-order valence-electron chi connectivity index (χ4n) is 7.30. The average molecular weight is 690 g/mol. The molecule has 0 bridgehead atoms. The summed E-state index contributed by atoms with van der Waals surface area (Å²) in [7, 11) is 0. The monoisotopic (exact) mass is 689 g/mol. The fraction of sp³-hybridized carbons (Fsp3) is 0.0204. The molecule has 2 heterocycles. The van der Waals surface area contributed by atoms with Gasteiger partial charge < -0.3 is 4.57 Å². The van der Waals surface area contributed by atoms with E-state index in [1.807, 2.05) is 97.1 Å². The van der Waals surface area contributed by atoms with Crippen LogP contribution in [0.25, 0.3) is 88.5 Å². The summed E-state index contributed by atoms with van der Waals surface area (Å²) < 4.78 is 2.37. The van der Waals surface area contributed by atoms with E-state index < -0.39 is 0 Å². The van der Waals surface area contributed by atoms with Crippen LogP contribution < -0.4 is 0 Å². The molecule has 2 aromatic heterocycles. The zero-order valence-corrected chi connectivity index (χ0v) is 29.4. The zero-order chi connectivity index (χ0) is 36.6. The van der Waals surface area contributed by atoms with Gasteiger partial charge in [0.25, 0.3) is 0 Å². The maximum absolute atomic E-state index is 9.74. The molecule has 0 N–H and O–H groups in total. The van der Waals surface area contributed by atoms with Gasteiger partial charge in [-0.05, 0) is 66.6 Å². The van der Waals surface area contributed by atoms with Crippen LogP contribution in [0.5, 0.6) is 0 Å². The predicted molar refractivity (Wildman–Crippen MR) is 219 cm³/mol. The van der Waals surface area contributed by atoms with E-state index in [1.165, 1.54) is 10.9 Å². The highest BCUT2D eigenvalue weighted by Gasteiger charge is 2.23. The first-order valence-electron chi connectivity index (χ1n) is 17.7. The second-order valence-corrected chi connectivity index (χ2v) is 13.3. The summed E-state index contributed by atoms with van der Waals surface area (Å²) in [6.45, 7) is 9.79. The molecule has 0 amide bonds. The second-order valence-electron chi connectivity index (χ2n) is 13.3. The third kappa shape index (κ3) is 5.77. The summed E-state index contributed by atoms with van der Waals surface area (Å²) in [6.07, 6.45) is 0. The molecule has 252 valence electrons. The predicted octanol–water partition coefficient (Wildman–Crippen LogP) is 12.6. The summed E-state index contributed by atoms with van der Waals surface area (Å²) in [5.74, 6) is 0.636. The van der Waals surface area contributed by atoms with E-state index in [1.54, 1.807) is 0 Å². The van der Waals surface area contributed by atoms with Crippen LogP contribution in [0, 0.1) is 24.8 Å². The van der Waals surface area contributed by atoms with Crippen molar-refractivity contribution in [3.05, 3.63) is 192 Å². The van der Waals surface area contributed by atoms with Gasteiger partial charge in [-0.15, -0.1) is 0 Å². The Morgan fingerprint density at radius 1 is 0.537 bits per heavy atom. The summed E-state index contributed by atoms with van der Waals surface area (Å²) >= 11 is 0. The van der Waals surface area contributed by atoms with Gasteiger partial charge in [-0.25, -0.2) is 14.8 Å². The van der Waals surface area contributed by atoms with Crippen molar-refractivity contribution in [1.82, 2.24) is 14.5 Å². The minimum atomic E-state index is 0.576. The standard InChI is InChI=1S/C49H31N5/c1-32-17-26-47-43(27-32)40-15-9-10-16-46(40)54(47)48-41(34-20-18-33(31-50)19-21-34)28-38(29-42(48)35-22-24-39(51-2)25-23-35)45-30-44(36-11-5-3-6-12-36)52-49(53-45)37-13-7-4-8-14-37/h3-30H,1H3. The van der Waals surface area contributed by atoms with E-state index in [4.69, 9.17) is 16.5 Å². The molecule has 0 radical (unpaired) electrons. The topological polar surface area (TPSA) is 58.9 Å². The first kappa shape index (κ1) is 32.3. The Labute approximate surface area is 313 Å². The van der Waals surface area contributed by atoms with Crippen molar-refractivity contribution in [2.75, 3.05) is 0 Å². The Hall–Kier alpha value is -7.60. The third-order valence-electron chi connectivity index (χ3n) is 9.92. The van der Waals surface area contributed by atoms with Gasteiger partial charge in [-0.1, -0.05) is 127 Å². The van der Waals surface area contributed by atoms with E-state index in [0.29, 0.717) is 17.1 Å². The zero-order valence-electron chi connectivity index (χ0n) is 29.4. The van der Waals surface area contributed by atoms with Crippen LogP contribution in [-0.4, -0.2) is 14.5 Å². The number of nitriles is 1. The van der Waals surface area contributed by atoms with Crippen LogP contribution in [0.4, 0.5) is 5.69 Å². The fourth-order valence-corrected chi connectivity index (χ4v) is 7.30. The Balaban J connectivity index is 1.42. The Morgan fingerprint density at radius 2 is 1.11 bits per heavy atom. The van der Waals surface area contributed by atoms with Crippen LogP contribution in [-0.2, 0) is 0 Å². The van der Waals surface area contributed by atoms with Crippen molar-refractivity contribution >= 4 is 27.5 Å².